The van der Waals surface area contributed by atoms with Gasteiger partial charge in [-0.15, -0.1) is 0 Å². The van der Waals surface area contributed by atoms with Gasteiger partial charge in [-0.3, -0.25) is 0 Å². The van der Waals surface area contributed by atoms with Crippen molar-refractivity contribution in [3.63, 3.8) is 0 Å². The van der Waals surface area contributed by atoms with Crippen LogP contribution in [0.1, 0.15) is 16.8 Å². The van der Waals surface area contributed by atoms with Crippen molar-refractivity contribution < 1.29 is 4.74 Å². The van der Waals surface area contributed by atoms with E-state index < -0.39 is 0 Å². The lowest BCUT2D eigenvalue weighted by Crippen LogP contribution is -2.05. The lowest BCUT2D eigenvalue weighted by atomic mass is 9.92. The molecule has 0 bridgehead atoms. The number of aryl methyl sites for hydroxylation is 3. The highest BCUT2D eigenvalue weighted by molar-refractivity contribution is 9.10. The summed E-state index contributed by atoms with van der Waals surface area (Å²) in [5, 5.41) is 0. The average Bonchev–Trinajstić information content (AvgIpc) is 2.86. The van der Waals surface area contributed by atoms with E-state index in [1.165, 1.54) is 22.4 Å². The summed E-state index contributed by atoms with van der Waals surface area (Å²) in [7, 11) is 1.70. The van der Waals surface area contributed by atoms with Crippen LogP contribution in [-0.4, -0.2) is 16.5 Å². The Kier molecular flexibility index (Phi) is 2.82. The first-order valence-corrected chi connectivity index (χ1v) is 7.81. The largest absolute Gasteiger partial charge is 0.497 e. The number of imidazole rings is 1. The minimum Gasteiger partial charge on any atom is -0.497 e. The molecule has 0 atom stereocenters. The number of rotatable bonds is 1. The Hall–Kier alpha value is -1.81. The summed E-state index contributed by atoms with van der Waals surface area (Å²) in [4.78, 5) is 4.90. The molecule has 4 heteroatoms. The van der Waals surface area contributed by atoms with Gasteiger partial charge in [0, 0.05) is 16.2 Å². The topological polar surface area (TPSA) is 26.5 Å². The number of hydrogen-bond donors (Lipinski definition) is 0. The Morgan fingerprint density at radius 2 is 2.10 bits per heavy atom. The summed E-state index contributed by atoms with van der Waals surface area (Å²) in [6.45, 7) is 2.10. The highest BCUT2D eigenvalue weighted by Gasteiger charge is 2.22. The fraction of sp³-hybridized carbons (Fsp3) is 0.235. The highest BCUT2D eigenvalue weighted by atomic mass is 79.9. The fourth-order valence-electron chi connectivity index (χ4n) is 3.14. The summed E-state index contributed by atoms with van der Waals surface area (Å²) < 4.78 is 8.68. The van der Waals surface area contributed by atoms with Gasteiger partial charge in [0.25, 0.3) is 0 Å². The Morgan fingerprint density at radius 3 is 2.90 bits per heavy atom. The lowest BCUT2D eigenvalue weighted by Gasteiger charge is -2.16. The number of benzene rings is 1. The van der Waals surface area contributed by atoms with E-state index in [2.05, 4.69) is 51.7 Å². The second-order valence-electron chi connectivity index (χ2n) is 5.47. The summed E-state index contributed by atoms with van der Waals surface area (Å²) in [6.07, 6.45) is 4.18. The second kappa shape index (κ2) is 4.60. The molecule has 0 aliphatic heterocycles. The van der Waals surface area contributed by atoms with Crippen molar-refractivity contribution in [1.82, 2.24) is 9.38 Å². The van der Waals surface area contributed by atoms with E-state index in [9.17, 15) is 0 Å². The average molecular weight is 343 g/mol. The van der Waals surface area contributed by atoms with E-state index in [0.29, 0.717) is 0 Å². The van der Waals surface area contributed by atoms with E-state index in [-0.39, 0.29) is 0 Å². The molecule has 3 aromatic rings. The molecule has 0 N–H and O–H groups in total. The van der Waals surface area contributed by atoms with Gasteiger partial charge in [0.05, 0.1) is 18.5 Å². The van der Waals surface area contributed by atoms with Gasteiger partial charge in [0.15, 0.2) is 0 Å². The first-order chi connectivity index (χ1) is 10.2. The number of hydrogen-bond acceptors (Lipinski definition) is 2. The van der Waals surface area contributed by atoms with Gasteiger partial charge in [0.2, 0.25) is 0 Å². The Morgan fingerprint density at radius 1 is 1.24 bits per heavy atom. The molecule has 0 saturated carbocycles. The Balaban J connectivity index is 2.04. The quantitative estimate of drug-likeness (QED) is 0.663. The zero-order valence-electron chi connectivity index (χ0n) is 12.0. The Labute approximate surface area is 131 Å². The van der Waals surface area contributed by atoms with Crippen molar-refractivity contribution in [2.75, 3.05) is 7.11 Å². The second-order valence-corrected chi connectivity index (χ2v) is 6.38. The fourth-order valence-corrected chi connectivity index (χ4v) is 3.69. The molecule has 21 heavy (non-hydrogen) atoms. The molecule has 2 aromatic heterocycles. The molecule has 2 heterocycles. The highest BCUT2D eigenvalue weighted by Crippen LogP contribution is 2.36. The minimum absolute atomic E-state index is 0.886. The maximum absolute atomic E-state index is 5.37. The molecule has 3 nitrogen and oxygen atoms in total. The molecule has 0 spiro atoms. The molecule has 106 valence electrons. The standard InChI is InChI=1S/C17H15BrN2O/c1-10-7-12(18)9-20-15-6-4-11-3-5-13(21-2)8-14(11)16(15)19-17(10)20/h3,5,7-9H,4,6H2,1-2H3. The van der Waals surface area contributed by atoms with Crippen molar-refractivity contribution in [1.29, 1.82) is 0 Å². The number of pyridine rings is 1. The van der Waals surface area contributed by atoms with Crippen molar-refractivity contribution in [2.45, 2.75) is 19.8 Å². The molecule has 0 saturated heterocycles. The molecule has 0 amide bonds. The summed E-state index contributed by atoms with van der Waals surface area (Å²) in [5.41, 5.74) is 7.16. The maximum Gasteiger partial charge on any atom is 0.140 e. The molecule has 1 aliphatic rings. The van der Waals surface area contributed by atoms with Crippen LogP contribution >= 0.6 is 15.9 Å². The first-order valence-electron chi connectivity index (χ1n) is 7.02. The molecule has 0 radical (unpaired) electrons. The third kappa shape index (κ3) is 1.89. The number of methoxy groups -OCH3 is 1. The third-order valence-corrected chi connectivity index (χ3v) is 4.61. The van der Waals surface area contributed by atoms with Crippen LogP contribution in [0, 0.1) is 6.92 Å². The summed E-state index contributed by atoms with van der Waals surface area (Å²) in [6, 6.07) is 8.40. The number of ether oxygens (including phenoxy) is 1. The zero-order valence-corrected chi connectivity index (χ0v) is 13.6. The van der Waals surface area contributed by atoms with Gasteiger partial charge in [-0.05, 0) is 65.0 Å². The van der Waals surface area contributed by atoms with Gasteiger partial charge in [-0.25, -0.2) is 4.98 Å². The van der Waals surface area contributed by atoms with Crippen LogP contribution in [0.15, 0.2) is 34.9 Å². The van der Waals surface area contributed by atoms with Crippen LogP contribution in [-0.2, 0) is 12.8 Å². The van der Waals surface area contributed by atoms with Crippen LogP contribution in [0.4, 0.5) is 0 Å². The van der Waals surface area contributed by atoms with E-state index >= 15 is 0 Å². The third-order valence-electron chi connectivity index (χ3n) is 4.17. The van der Waals surface area contributed by atoms with E-state index in [1.54, 1.807) is 7.11 Å². The summed E-state index contributed by atoms with van der Waals surface area (Å²) in [5.74, 6) is 0.886. The zero-order chi connectivity index (χ0) is 14.6. The number of halogens is 1. The SMILES string of the molecule is COc1ccc2c(c1)-c1nc3c(C)cc(Br)cn3c1CC2. The lowest BCUT2D eigenvalue weighted by molar-refractivity contribution is 0.415. The van der Waals surface area contributed by atoms with Crippen LogP contribution < -0.4 is 4.74 Å². The van der Waals surface area contributed by atoms with Crippen LogP contribution in [0.2, 0.25) is 0 Å². The molecular formula is C17H15BrN2O. The summed E-state index contributed by atoms with van der Waals surface area (Å²) >= 11 is 3.58. The monoisotopic (exact) mass is 342 g/mol. The van der Waals surface area contributed by atoms with Crippen LogP contribution in [0.25, 0.3) is 16.9 Å². The van der Waals surface area contributed by atoms with Gasteiger partial charge < -0.3 is 9.14 Å². The van der Waals surface area contributed by atoms with Gasteiger partial charge in [-0.1, -0.05) is 6.07 Å². The van der Waals surface area contributed by atoms with Gasteiger partial charge in [-0.2, -0.15) is 0 Å². The number of nitrogens with zero attached hydrogens (tertiary/aromatic N) is 2. The number of fused-ring (bicyclic) bond motifs is 5. The Bertz CT molecular complexity index is 867. The predicted molar refractivity (Wildman–Crippen MR) is 87.0 cm³/mol. The smallest absolute Gasteiger partial charge is 0.140 e. The van der Waals surface area contributed by atoms with Crippen molar-refractivity contribution in [2.24, 2.45) is 0 Å². The van der Waals surface area contributed by atoms with Crippen molar-refractivity contribution in [3.05, 3.63) is 51.8 Å². The van der Waals surface area contributed by atoms with Crippen molar-refractivity contribution in [3.8, 4) is 17.0 Å². The van der Waals surface area contributed by atoms with Gasteiger partial charge in [0.1, 0.15) is 11.4 Å². The maximum atomic E-state index is 5.37. The predicted octanol–water partition coefficient (Wildman–Crippen LogP) is 4.18. The van der Waals surface area contributed by atoms with Crippen LogP contribution in [0.5, 0.6) is 5.75 Å². The molecule has 0 unspecified atom stereocenters. The van der Waals surface area contributed by atoms with Crippen LogP contribution in [0.3, 0.4) is 0 Å². The number of aromatic nitrogens is 2. The van der Waals surface area contributed by atoms with Gasteiger partial charge >= 0.3 is 0 Å². The normalized spacial score (nSPS) is 13.1. The molecule has 1 aromatic carbocycles. The van der Waals surface area contributed by atoms with E-state index in [4.69, 9.17) is 9.72 Å². The van der Waals surface area contributed by atoms with Crippen molar-refractivity contribution >= 4 is 21.6 Å². The van der Waals surface area contributed by atoms with E-state index in [1.807, 2.05) is 6.07 Å². The minimum atomic E-state index is 0.886. The first kappa shape index (κ1) is 12.9. The molecular weight excluding hydrogens is 328 g/mol. The molecule has 4 rings (SSSR count). The molecule has 0 fully saturated rings. The van der Waals surface area contributed by atoms with E-state index in [0.717, 1.165) is 34.4 Å². The molecule has 1 aliphatic carbocycles.